The zero-order valence-corrected chi connectivity index (χ0v) is 11.5. The number of likely N-dealkylation sites (N-methyl/N-ethyl adjacent to an activating group) is 1. The van der Waals surface area contributed by atoms with E-state index in [1.54, 1.807) is 6.07 Å². The van der Waals surface area contributed by atoms with Crippen LogP contribution in [0.4, 0.5) is 26.3 Å². The molecule has 0 fully saturated rings. The van der Waals surface area contributed by atoms with E-state index in [9.17, 15) is 26.3 Å². The number of halogens is 6. The molecule has 1 aromatic heterocycles. The number of aryl methyl sites for hydroxylation is 1. The summed E-state index contributed by atoms with van der Waals surface area (Å²) in [7, 11) is 1.08. The van der Waals surface area contributed by atoms with Gasteiger partial charge in [-0.25, -0.2) is 0 Å². The molecule has 2 nitrogen and oxygen atoms in total. The standard InChI is InChI=1S/C13H16F6N2/c1-3-8-4-5-9(21-7-8)6-10(20-2)11(12(14,15)16)13(17,18)19/h4-5,7,10-11,20H,3,6H2,1-2H3. The second kappa shape index (κ2) is 6.64. The van der Waals surface area contributed by atoms with Gasteiger partial charge in [0.15, 0.2) is 5.92 Å². The first kappa shape index (κ1) is 17.7. The summed E-state index contributed by atoms with van der Waals surface area (Å²) in [6.45, 7) is 1.87. The van der Waals surface area contributed by atoms with Crippen molar-refractivity contribution in [2.24, 2.45) is 5.92 Å². The molecule has 0 saturated carbocycles. The van der Waals surface area contributed by atoms with Gasteiger partial charge in [0.05, 0.1) is 0 Å². The van der Waals surface area contributed by atoms with E-state index in [2.05, 4.69) is 10.3 Å². The van der Waals surface area contributed by atoms with Crippen LogP contribution in [0.5, 0.6) is 0 Å². The van der Waals surface area contributed by atoms with Crippen LogP contribution in [0, 0.1) is 5.92 Å². The normalized spacial score (nSPS) is 14.5. The van der Waals surface area contributed by atoms with Crippen LogP contribution in [0.15, 0.2) is 18.3 Å². The van der Waals surface area contributed by atoms with E-state index in [-0.39, 0.29) is 5.69 Å². The summed E-state index contributed by atoms with van der Waals surface area (Å²) in [4.78, 5) is 3.91. The number of rotatable bonds is 5. The van der Waals surface area contributed by atoms with E-state index in [1.165, 1.54) is 12.3 Å². The van der Waals surface area contributed by atoms with Gasteiger partial charge in [0.1, 0.15) is 0 Å². The maximum Gasteiger partial charge on any atom is 0.402 e. The van der Waals surface area contributed by atoms with Crippen molar-refractivity contribution in [2.45, 2.75) is 38.2 Å². The Balaban J connectivity index is 2.98. The van der Waals surface area contributed by atoms with Crippen LogP contribution in [-0.2, 0) is 12.8 Å². The van der Waals surface area contributed by atoms with Crippen molar-refractivity contribution in [3.8, 4) is 0 Å². The van der Waals surface area contributed by atoms with Crippen molar-refractivity contribution in [3.05, 3.63) is 29.6 Å². The van der Waals surface area contributed by atoms with Crippen LogP contribution in [0.3, 0.4) is 0 Å². The smallest absolute Gasteiger partial charge is 0.316 e. The Morgan fingerprint density at radius 1 is 1.10 bits per heavy atom. The number of hydrogen-bond donors (Lipinski definition) is 1. The molecule has 1 atom stereocenters. The Morgan fingerprint density at radius 3 is 2.00 bits per heavy atom. The number of nitrogens with zero attached hydrogens (tertiary/aromatic N) is 1. The average molecular weight is 314 g/mol. The molecular formula is C13H16F6N2. The van der Waals surface area contributed by atoms with E-state index in [0.717, 1.165) is 12.6 Å². The second-order valence-electron chi connectivity index (χ2n) is 4.67. The van der Waals surface area contributed by atoms with Crippen molar-refractivity contribution in [2.75, 3.05) is 7.05 Å². The first-order valence-electron chi connectivity index (χ1n) is 6.34. The van der Waals surface area contributed by atoms with Gasteiger partial charge in [-0.15, -0.1) is 0 Å². The van der Waals surface area contributed by atoms with E-state index >= 15 is 0 Å². The molecule has 0 aliphatic carbocycles. The third kappa shape index (κ3) is 4.87. The Morgan fingerprint density at radius 2 is 1.67 bits per heavy atom. The molecule has 8 heteroatoms. The summed E-state index contributed by atoms with van der Waals surface area (Å²) < 4.78 is 76.2. The summed E-state index contributed by atoms with van der Waals surface area (Å²) in [6, 6.07) is 1.28. The Bertz CT molecular complexity index is 423. The summed E-state index contributed by atoms with van der Waals surface area (Å²) >= 11 is 0. The number of pyridine rings is 1. The molecule has 1 N–H and O–H groups in total. The fourth-order valence-electron chi connectivity index (χ4n) is 2.04. The predicted octanol–water partition coefficient (Wildman–Crippen LogP) is 3.52. The molecule has 1 aromatic rings. The maximum absolute atomic E-state index is 12.7. The molecule has 21 heavy (non-hydrogen) atoms. The lowest BCUT2D eigenvalue weighted by atomic mass is 9.94. The lowest BCUT2D eigenvalue weighted by molar-refractivity contribution is -0.291. The molecule has 0 bridgehead atoms. The summed E-state index contributed by atoms with van der Waals surface area (Å²) in [5.41, 5.74) is 1.05. The monoisotopic (exact) mass is 314 g/mol. The lowest BCUT2D eigenvalue weighted by Gasteiger charge is -2.30. The molecule has 0 aliphatic rings. The van der Waals surface area contributed by atoms with E-state index in [4.69, 9.17) is 0 Å². The zero-order chi connectivity index (χ0) is 16.3. The number of alkyl halides is 6. The second-order valence-corrected chi connectivity index (χ2v) is 4.67. The van der Waals surface area contributed by atoms with Gasteiger partial charge >= 0.3 is 12.4 Å². The minimum absolute atomic E-state index is 0.185. The zero-order valence-electron chi connectivity index (χ0n) is 11.5. The van der Waals surface area contributed by atoms with Crippen molar-refractivity contribution >= 4 is 0 Å². The number of nitrogens with one attached hydrogen (secondary N) is 1. The average Bonchev–Trinajstić information content (AvgIpc) is 2.35. The largest absolute Gasteiger partial charge is 0.402 e. The molecule has 0 aliphatic heterocycles. The van der Waals surface area contributed by atoms with Gasteiger partial charge in [0.25, 0.3) is 0 Å². The Labute approximate surface area is 118 Å². The van der Waals surface area contributed by atoms with Crippen molar-refractivity contribution in [3.63, 3.8) is 0 Å². The van der Waals surface area contributed by atoms with Gasteiger partial charge in [-0.05, 0) is 25.1 Å². The first-order valence-corrected chi connectivity index (χ1v) is 6.34. The fraction of sp³-hybridized carbons (Fsp3) is 0.615. The Hall–Kier alpha value is -1.31. The van der Waals surface area contributed by atoms with E-state index < -0.39 is 30.7 Å². The van der Waals surface area contributed by atoms with Gasteiger partial charge < -0.3 is 5.32 Å². The third-order valence-corrected chi connectivity index (χ3v) is 3.20. The predicted molar refractivity (Wildman–Crippen MR) is 65.8 cm³/mol. The van der Waals surface area contributed by atoms with Crippen LogP contribution < -0.4 is 5.32 Å². The molecule has 0 radical (unpaired) electrons. The highest BCUT2D eigenvalue weighted by Crippen LogP contribution is 2.41. The molecule has 0 saturated heterocycles. The summed E-state index contributed by atoms with van der Waals surface area (Å²) in [6.07, 6.45) is -9.04. The molecule has 1 heterocycles. The minimum Gasteiger partial charge on any atom is -0.316 e. The summed E-state index contributed by atoms with van der Waals surface area (Å²) in [5, 5.41) is 2.11. The van der Waals surface area contributed by atoms with Crippen LogP contribution in [-0.4, -0.2) is 30.4 Å². The topological polar surface area (TPSA) is 24.9 Å². The maximum atomic E-state index is 12.7. The molecule has 1 rings (SSSR count). The highest BCUT2D eigenvalue weighted by atomic mass is 19.4. The minimum atomic E-state index is -5.37. The molecule has 120 valence electrons. The van der Waals surface area contributed by atoms with Crippen LogP contribution >= 0.6 is 0 Å². The molecule has 0 amide bonds. The van der Waals surface area contributed by atoms with Crippen LogP contribution in [0.25, 0.3) is 0 Å². The van der Waals surface area contributed by atoms with Crippen molar-refractivity contribution < 1.29 is 26.3 Å². The van der Waals surface area contributed by atoms with Gasteiger partial charge in [0.2, 0.25) is 0 Å². The van der Waals surface area contributed by atoms with Crippen LogP contribution in [0.2, 0.25) is 0 Å². The first-order chi connectivity index (χ1) is 9.59. The summed E-state index contributed by atoms with van der Waals surface area (Å²) in [5.74, 6) is -3.43. The molecule has 0 spiro atoms. The van der Waals surface area contributed by atoms with Gasteiger partial charge in [-0.1, -0.05) is 13.0 Å². The third-order valence-electron chi connectivity index (χ3n) is 3.20. The lowest BCUT2D eigenvalue weighted by Crippen LogP contribution is -2.51. The number of aromatic nitrogens is 1. The van der Waals surface area contributed by atoms with E-state index in [0.29, 0.717) is 6.42 Å². The SMILES string of the molecule is CCc1ccc(CC(NC)C(C(F)(F)F)C(F)(F)F)nc1. The van der Waals surface area contributed by atoms with Gasteiger partial charge in [0, 0.05) is 24.4 Å². The quantitative estimate of drug-likeness (QED) is 0.841. The van der Waals surface area contributed by atoms with E-state index in [1.807, 2.05) is 6.92 Å². The fourth-order valence-corrected chi connectivity index (χ4v) is 2.04. The van der Waals surface area contributed by atoms with Crippen LogP contribution in [0.1, 0.15) is 18.2 Å². The highest BCUT2D eigenvalue weighted by Gasteiger charge is 2.59. The number of hydrogen-bond acceptors (Lipinski definition) is 2. The Kier molecular flexibility index (Phi) is 5.61. The molecular weight excluding hydrogens is 298 g/mol. The molecule has 1 unspecified atom stereocenters. The molecule has 0 aromatic carbocycles. The van der Waals surface area contributed by atoms with Gasteiger partial charge in [-0.2, -0.15) is 26.3 Å². The highest BCUT2D eigenvalue weighted by molar-refractivity contribution is 5.15. The van der Waals surface area contributed by atoms with Crippen molar-refractivity contribution in [1.82, 2.24) is 10.3 Å². The van der Waals surface area contributed by atoms with Gasteiger partial charge in [-0.3, -0.25) is 4.98 Å². The van der Waals surface area contributed by atoms with Crippen molar-refractivity contribution in [1.29, 1.82) is 0 Å².